The second-order valence-electron chi connectivity index (χ2n) is 9.13. The monoisotopic (exact) mass is 490 g/mol. The zero-order valence-corrected chi connectivity index (χ0v) is 21.6. The predicted molar refractivity (Wildman–Crippen MR) is 143 cm³/mol. The van der Waals surface area contributed by atoms with Gasteiger partial charge in [-0.25, -0.2) is 0 Å². The topological polar surface area (TPSA) is 49.4 Å². The van der Waals surface area contributed by atoms with Crippen molar-refractivity contribution in [2.45, 2.75) is 65.1 Å². The molecular weight excluding hydrogens is 456 g/mol. The predicted octanol–water partition coefficient (Wildman–Crippen LogP) is 6.14. The summed E-state index contributed by atoms with van der Waals surface area (Å²) >= 11 is 6.34. The summed E-state index contributed by atoms with van der Waals surface area (Å²) < 4.78 is 0. The van der Waals surface area contributed by atoms with E-state index in [0.717, 1.165) is 28.7 Å². The van der Waals surface area contributed by atoms with Crippen LogP contribution < -0.4 is 5.32 Å². The number of rotatable bonds is 11. The molecule has 0 saturated carbocycles. The van der Waals surface area contributed by atoms with E-state index in [1.165, 1.54) is 0 Å². The first-order chi connectivity index (χ1) is 16.9. The Morgan fingerprint density at radius 3 is 2.31 bits per heavy atom. The van der Waals surface area contributed by atoms with Crippen LogP contribution in [0.15, 0.2) is 78.9 Å². The summed E-state index contributed by atoms with van der Waals surface area (Å²) in [6.45, 7) is 6.43. The Kier molecular flexibility index (Phi) is 9.92. The summed E-state index contributed by atoms with van der Waals surface area (Å²) in [4.78, 5) is 29.0. The standard InChI is InChI=1S/C30H35ClN2O2/c1-4-23(3)32-30(35)28(20-24-12-6-5-7-13-24)33(21-25-14-10-11-22(2)19-25)29(34)18-17-26-15-8-9-16-27(26)31/h5-16,19,23,28H,4,17-18,20-21H2,1-3H3,(H,32,35)/t23-,28+/m1/s1. The molecule has 3 aromatic carbocycles. The van der Waals surface area contributed by atoms with Crippen molar-refractivity contribution in [3.05, 3.63) is 106 Å². The van der Waals surface area contributed by atoms with Gasteiger partial charge in [0.15, 0.2) is 0 Å². The van der Waals surface area contributed by atoms with Gasteiger partial charge in [-0.15, -0.1) is 0 Å². The molecule has 0 saturated heterocycles. The third-order valence-corrected chi connectivity index (χ3v) is 6.64. The fourth-order valence-corrected chi connectivity index (χ4v) is 4.32. The summed E-state index contributed by atoms with van der Waals surface area (Å²) in [5.74, 6) is -0.186. The van der Waals surface area contributed by atoms with Gasteiger partial charge in [0.25, 0.3) is 0 Å². The van der Waals surface area contributed by atoms with Crippen LogP contribution in [0.3, 0.4) is 0 Å². The molecule has 0 heterocycles. The molecule has 0 unspecified atom stereocenters. The number of nitrogens with one attached hydrogen (secondary N) is 1. The lowest BCUT2D eigenvalue weighted by molar-refractivity contribution is -0.141. The van der Waals surface area contributed by atoms with Crippen LogP contribution in [0.4, 0.5) is 0 Å². The number of halogens is 1. The molecule has 0 aliphatic heterocycles. The zero-order chi connectivity index (χ0) is 25.2. The normalized spacial score (nSPS) is 12.6. The van der Waals surface area contributed by atoms with E-state index >= 15 is 0 Å². The van der Waals surface area contributed by atoms with Crippen LogP contribution >= 0.6 is 11.6 Å². The second kappa shape index (κ2) is 13.1. The van der Waals surface area contributed by atoms with Crippen LogP contribution in [-0.4, -0.2) is 28.8 Å². The number of nitrogens with zero attached hydrogens (tertiary/aromatic N) is 1. The molecule has 3 rings (SSSR count). The average Bonchev–Trinajstić information content (AvgIpc) is 2.86. The van der Waals surface area contributed by atoms with Crippen molar-refractivity contribution in [2.24, 2.45) is 0 Å². The lowest BCUT2D eigenvalue weighted by Gasteiger charge is -2.32. The average molecular weight is 491 g/mol. The first-order valence-electron chi connectivity index (χ1n) is 12.3. The van der Waals surface area contributed by atoms with Gasteiger partial charge in [-0.2, -0.15) is 0 Å². The van der Waals surface area contributed by atoms with Gasteiger partial charge in [-0.05, 0) is 49.4 Å². The highest BCUT2D eigenvalue weighted by Crippen LogP contribution is 2.20. The van der Waals surface area contributed by atoms with Crippen LogP contribution in [0.2, 0.25) is 5.02 Å². The Bertz CT molecular complexity index is 1120. The highest BCUT2D eigenvalue weighted by molar-refractivity contribution is 6.31. The van der Waals surface area contributed by atoms with Crippen LogP contribution in [0.1, 0.15) is 48.9 Å². The van der Waals surface area contributed by atoms with E-state index in [9.17, 15) is 9.59 Å². The molecule has 5 heteroatoms. The molecule has 1 N–H and O–H groups in total. The van der Waals surface area contributed by atoms with E-state index in [2.05, 4.69) is 11.4 Å². The fourth-order valence-electron chi connectivity index (χ4n) is 4.09. The molecule has 35 heavy (non-hydrogen) atoms. The molecular formula is C30H35ClN2O2. The van der Waals surface area contributed by atoms with Gasteiger partial charge >= 0.3 is 0 Å². The Balaban J connectivity index is 1.92. The minimum Gasteiger partial charge on any atom is -0.352 e. The minimum absolute atomic E-state index is 0.0276. The molecule has 2 atom stereocenters. The van der Waals surface area contributed by atoms with Crippen molar-refractivity contribution in [1.82, 2.24) is 10.2 Å². The summed E-state index contributed by atoms with van der Waals surface area (Å²) in [5.41, 5.74) is 4.08. The van der Waals surface area contributed by atoms with E-state index in [1.807, 2.05) is 93.6 Å². The molecule has 0 spiro atoms. The molecule has 4 nitrogen and oxygen atoms in total. The third kappa shape index (κ3) is 7.97. The van der Waals surface area contributed by atoms with Gasteiger partial charge in [0.05, 0.1) is 0 Å². The molecule has 0 aromatic heterocycles. The highest BCUT2D eigenvalue weighted by Gasteiger charge is 2.30. The zero-order valence-electron chi connectivity index (χ0n) is 20.8. The SMILES string of the molecule is CC[C@@H](C)NC(=O)[C@H](Cc1ccccc1)N(Cc1cccc(C)c1)C(=O)CCc1ccccc1Cl. The highest BCUT2D eigenvalue weighted by atomic mass is 35.5. The fraction of sp³-hybridized carbons (Fsp3) is 0.333. The van der Waals surface area contributed by atoms with Crippen molar-refractivity contribution >= 4 is 23.4 Å². The number of hydrogen-bond acceptors (Lipinski definition) is 2. The molecule has 0 fully saturated rings. The molecule has 2 amide bonds. The Morgan fingerprint density at radius 1 is 0.943 bits per heavy atom. The van der Waals surface area contributed by atoms with Gasteiger partial charge in [0.2, 0.25) is 11.8 Å². The number of carbonyl (C=O) groups is 2. The van der Waals surface area contributed by atoms with Crippen molar-refractivity contribution < 1.29 is 9.59 Å². The molecule has 3 aromatic rings. The lowest BCUT2D eigenvalue weighted by Crippen LogP contribution is -2.52. The van der Waals surface area contributed by atoms with Gasteiger partial charge in [-0.3, -0.25) is 9.59 Å². The largest absolute Gasteiger partial charge is 0.352 e. The summed E-state index contributed by atoms with van der Waals surface area (Å²) in [5, 5.41) is 3.76. The van der Waals surface area contributed by atoms with Crippen LogP contribution in [0.5, 0.6) is 0 Å². The van der Waals surface area contributed by atoms with Gasteiger partial charge in [0, 0.05) is 30.5 Å². The van der Waals surface area contributed by atoms with E-state index in [1.54, 1.807) is 4.90 Å². The van der Waals surface area contributed by atoms with Gasteiger partial charge < -0.3 is 10.2 Å². The van der Waals surface area contributed by atoms with E-state index in [-0.39, 0.29) is 24.3 Å². The summed E-state index contributed by atoms with van der Waals surface area (Å²) in [6, 6.07) is 25.0. The number of amides is 2. The lowest BCUT2D eigenvalue weighted by atomic mass is 10.0. The molecule has 184 valence electrons. The minimum atomic E-state index is -0.620. The molecule has 0 radical (unpaired) electrons. The van der Waals surface area contributed by atoms with Crippen molar-refractivity contribution in [2.75, 3.05) is 0 Å². The maximum absolute atomic E-state index is 13.7. The van der Waals surface area contributed by atoms with Crippen LogP contribution in [0.25, 0.3) is 0 Å². The Hall–Kier alpha value is -3.11. The second-order valence-corrected chi connectivity index (χ2v) is 9.53. The Labute approximate surface area is 214 Å². The van der Waals surface area contributed by atoms with Gasteiger partial charge in [-0.1, -0.05) is 96.9 Å². The number of carbonyl (C=O) groups excluding carboxylic acids is 2. The molecule has 0 aliphatic carbocycles. The quantitative estimate of drug-likeness (QED) is 0.351. The van der Waals surface area contributed by atoms with Crippen molar-refractivity contribution in [3.8, 4) is 0 Å². The first-order valence-corrected chi connectivity index (χ1v) is 12.7. The van der Waals surface area contributed by atoms with E-state index in [4.69, 9.17) is 11.6 Å². The van der Waals surface area contributed by atoms with E-state index < -0.39 is 6.04 Å². The molecule has 0 bridgehead atoms. The summed E-state index contributed by atoms with van der Waals surface area (Å²) in [7, 11) is 0. The Morgan fingerprint density at radius 2 is 1.63 bits per heavy atom. The number of benzene rings is 3. The van der Waals surface area contributed by atoms with Crippen LogP contribution in [0, 0.1) is 6.92 Å². The summed E-state index contributed by atoms with van der Waals surface area (Å²) in [6.07, 6.45) is 2.07. The van der Waals surface area contributed by atoms with Crippen LogP contribution in [-0.2, 0) is 29.0 Å². The first kappa shape index (κ1) is 26.5. The number of aryl methyl sites for hydroxylation is 2. The van der Waals surface area contributed by atoms with E-state index in [0.29, 0.717) is 24.4 Å². The third-order valence-electron chi connectivity index (χ3n) is 6.27. The molecule has 0 aliphatic rings. The maximum atomic E-state index is 13.7. The van der Waals surface area contributed by atoms with Gasteiger partial charge in [0.1, 0.15) is 6.04 Å². The number of hydrogen-bond donors (Lipinski definition) is 1. The smallest absolute Gasteiger partial charge is 0.243 e. The van der Waals surface area contributed by atoms with Crippen molar-refractivity contribution in [3.63, 3.8) is 0 Å². The van der Waals surface area contributed by atoms with Crippen molar-refractivity contribution in [1.29, 1.82) is 0 Å². The maximum Gasteiger partial charge on any atom is 0.243 e.